The molecular weight excluding hydrogens is 328 g/mol. The van der Waals surface area contributed by atoms with Crippen molar-refractivity contribution in [2.75, 3.05) is 20.7 Å². The van der Waals surface area contributed by atoms with Crippen LogP contribution in [0.2, 0.25) is 0 Å². The quantitative estimate of drug-likeness (QED) is 0.797. The fourth-order valence-corrected chi connectivity index (χ4v) is 3.25. The minimum atomic E-state index is -3.57. The molecular formula is C17H22N2O4S. The van der Waals surface area contributed by atoms with Crippen molar-refractivity contribution in [2.45, 2.75) is 25.3 Å². The number of rotatable bonds is 6. The number of nitrogens with zero attached hydrogens (tertiary/aromatic N) is 2. The van der Waals surface area contributed by atoms with Crippen molar-refractivity contribution in [2.24, 2.45) is 0 Å². The molecule has 0 atom stereocenters. The van der Waals surface area contributed by atoms with E-state index in [0.717, 1.165) is 21.2 Å². The van der Waals surface area contributed by atoms with Crippen molar-refractivity contribution in [3.8, 4) is 5.75 Å². The summed E-state index contributed by atoms with van der Waals surface area (Å²) < 4.78 is 32.4. The fraction of sp³-hybridized carbons (Fsp3) is 0.353. The molecule has 1 heterocycles. The Morgan fingerprint density at radius 1 is 1.08 bits per heavy atom. The molecule has 2 rings (SSSR count). The van der Waals surface area contributed by atoms with Gasteiger partial charge < -0.3 is 9.30 Å². The molecule has 6 nitrogen and oxygen atoms in total. The largest absolute Gasteiger partial charge is 0.492 e. The van der Waals surface area contributed by atoms with E-state index in [2.05, 4.69) is 0 Å². The van der Waals surface area contributed by atoms with E-state index in [9.17, 15) is 13.2 Å². The topological polar surface area (TPSA) is 68.6 Å². The molecule has 0 aliphatic carbocycles. The zero-order valence-electron chi connectivity index (χ0n) is 14.3. The van der Waals surface area contributed by atoms with Gasteiger partial charge in [0.25, 0.3) is 5.56 Å². The Bertz CT molecular complexity index is 865. The normalized spacial score (nSPS) is 11.7. The second kappa shape index (κ2) is 7.19. The number of sulfonamides is 1. The van der Waals surface area contributed by atoms with Gasteiger partial charge in [-0.2, -0.15) is 0 Å². The van der Waals surface area contributed by atoms with E-state index >= 15 is 0 Å². The Hall–Kier alpha value is -2.12. The van der Waals surface area contributed by atoms with E-state index in [4.69, 9.17) is 4.74 Å². The van der Waals surface area contributed by atoms with Crippen LogP contribution in [-0.4, -0.2) is 38.0 Å². The summed E-state index contributed by atoms with van der Waals surface area (Å²) >= 11 is 0. The summed E-state index contributed by atoms with van der Waals surface area (Å²) in [5.74, 6) is 0.734. The summed E-state index contributed by atoms with van der Waals surface area (Å²) in [5.41, 5.74) is 1.93. The summed E-state index contributed by atoms with van der Waals surface area (Å²) in [6, 6.07) is 8.46. The first-order valence-electron chi connectivity index (χ1n) is 7.54. The molecule has 0 bridgehead atoms. The summed E-state index contributed by atoms with van der Waals surface area (Å²) in [7, 11) is -0.667. The van der Waals surface area contributed by atoms with Gasteiger partial charge in [0, 0.05) is 26.4 Å². The van der Waals surface area contributed by atoms with Gasteiger partial charge in [0.05, 0.1) is 11.4 Å². The SMILES string of the molecule is Cc1cc(C)cc(OCCn2cc(S(=O)(=O)N(C)C)ccc2=O)c1. The van der Waals surface area contributed by atoms with E-state index in [1.54, 1.807) is 0 Å². The third kappa shape index (κ3) is 4.24. The minimum Gasteiger partial charge on any atom is -0.492 e. The van der Waals surface area contributed by atoms with Gasteiger partial charge in [-0.1, -0.05) is 6.07 Å². The van der Waals surface area contributed by atoms with Crippen LogP contribution < -0.4 is 10.3 Å². The first-order valence-corrected chi connectivity index (χ1v) is 8.98. The van der Waals surface area contributed by atoms with Crippen molar-refractivity contribution in [3.63, 3.8) is 0 Å². The van der Waals surface area contributed by atoms with Gasteiger partial charge in [-0.05, 0) is 43.2 Å². The number of pyridine rings is 1. The molecule has 0 saturated heterocycles. The van der Waals surface area contributed by atoms with Crippen molar-refractivity contribution in [1.82, 2.24) is 8.87 Å². The lowest BCUT2D eigenvalue weighted by Crippen LogP contribution is -2.27. The highest BCUT2D eigenvalue weighted by Crippen LogP contribution is 2.16. The molecule has 7 heteroatoms. The fourth-order valence-electron chi connectivity index (χ4n) is 2.33. The highest BCUT2D eigenvalue weighted by Gasteiger charge is 2.18. The zero-order valence-corrected chi connectivity index (χ0v) is 15.1. The van der Waals surface area contributed by atoms with Crippen LogP contribution in [0.5, 0.6) is 5.75 Å². The Labute approximate surface area is 142 Å². The van der Waals surface area contributed by atoms with E-state index in [1.165, 1.54) is 37.0 Å². The van der Waals surface area contributed by atoms with Gasteiger partial charge in [-0.3, -0.25) is 4.79 Å². The number of hydrogen-bond donors (Lipinski definition) is 0. The van der Waals surface area contributed by atoms with Crippen molar-refractivity contribution in [3.05, 3.63) is 58.0 Å². The monoisotopic (exact) mass is 350 g/mol. The second-order valence-electron chi connectivity index (χ2n) is 5.86. The van der Waals surface area contributed by atoms with Gasteiger partial charge in [-0.15, -0.1) is 0 Å². The van der Waals surface area contributed by atoms with E-state index < -0.39 is 10.0 Å². The molecule has 0 saturated carbocycles. The maximum absolute atomic E-state index is 12.1. The maximum Gasteiger partial charge on any atom is 0.250 e. The summed E-state index contributed by atoms with van der Waals surface area (Å²) in [6.45, 7) is 4.51. The first kappa shape index (κ1) is 18.2. The van der Waals surface area contributed by atoms with Gasteiger partial charge >= 0.3 is 0 Å². The lowest BCUT2D eigenvalue weighted by Gasteiger charge is -2.14. The smallest absolute Gasteiger partial charge is 0.250 e. The van der Waals surface area contributed by atoms with Crippen LogP contribution in [0.1, 0.15) is 11.1 Å². The third-order valence-electron chi connectivity index (χ3n) is 3.53. The van der Waals surface area contributed by atoms with Gasteiger partial charge in [0.2, 0.25) is 10.0 Å². The van der Waals surface area contributed by atoms with Crippen LogP contribution >= 0.6 is 0 Å². The predicted molar refractivity (Wildman–Crippen MR) is 93.0 cm³/mol. The minimum absolute atomic E-state index is 0.0819. The second-order valence-corrected chi connectivity index (χ2v) is 8.01. The molecule has 1 aromatic carbocycles. The Morgan fingerprint density at radius 2 is 1.71 bits per heavy atom. The molecule has 0 amide bonds. The van der Waals surface area contributed by atoms with Crippen LogP contribution in [0.3, 0.4) is 0 Å². The van der Waals surface area contributed by atoms with Crippen molar-refractivity contribution >= 4 is 10.0 Å². The van der Waals surface area contributed by atoms with E-state index in [0.29, 0.717) is 0 Å². The van der Waals surface area contributed by atoms with Gasteiger partial charge in [0.15, 0.2) is 0 Å². The molecule has 24 heavy (non-hydrogen) atoms. The zero-order chi connectivity index (χ0) is 17.9. The number of aryl methyl sites for hydroxylation is 2. The Kier molecular flexibility index (Phi) is 5.46. The van der Waals surface area contributed by atoms with E-state index in [1.807, 2.05) is 32.0 Å². The average molecular weight is 350 g/mol. The third-order valence-corrected chi connectivity index (χ3v) is 5.33. The molecule has 1 aromatic heterocycles. The van der Waals surface area contributed by atoms with Crippen LogP contribution in [0.25, 0.3) is 0 Å². The molecule has 2 aromatic rings. The van der Waals surface area contributed by atoms with Crippen molar-refractivity contribution < 1.29 is 13.2 Å². The van der Waals surface area contributed by atoms with Gasteiger partial charge in [-0.25, -0.2) is 12.7 Å². The standard InChI is InChI=1S/C17H22N2O4S/c1-13-9-14(2)11-15(10-13)23-8-7-19-12-16(5-6-17(19)20)24(21,22)18(3)4/h5-6,9-12H,7-8H2,1-4H3. The lowest BCUT2D eigenvalue weighted by molar-refractivity contribution is 0.295. The summed E-state index contributed by atoms with van der Waals surface area (Å²) in [4.78, 5) is 12.0. The molecule has 0 radical (unpaired) electrons. The Balaban J connectivity index is 2.14. The van der Waals surface area contributed by atoms with Gasteiger partial charge in [0.1, 0.15) is 12.4 Å². The highest BCUT2D eigenvalue weighted by atomic mass is 32.2. The molecule has 0 aliphatic rings. The highest BCUT2D eigenvalue weighted by molar-refractivity contribution is 7.89. The molecule has 130 valence electrons. The lowest BCUT2D eigenvalue weighted by atomic mass is 10.1. The van der Waals surface area contributed by atoms with Crippen LogP contribution in [0.15, 0.2) is 46.2 Å². The van der Waals surface area contributed by atoms with Crippen molar-refractivity contribution in [1.29, 1.82) is 0 Å². The molecule has 0 aliphatic heterocycles. The number of ether oxygens (including phenoxy) is 1. The molecule has 0 N–H and O–H groups in total. The molecule has 0 fully saturated rings. The Morgan fingerprint density at radius 3 is 2.29 bits per heavy atom. The maximum atomic E-state index is 12.1. The average Bonchev–Trinajstić information content (AvgIpc) is 2.47. The first-order chi connectivity index (χ1) is 11.2. The van der Waals surface area contributed by atoms with Crippen LogP contribution in [0, 0.1) is 13.8 Å². The molecule has 0 spiro atoms. The predicted octanol–water partition coefficient (Wildman–Crippen LogP) is 1.79. The number of aromatic nitrogens is 1. The number of benzene rings is 1. The molecule has 0 unspecified atom stereocenters. The van der Waals surface area contributed by atoms with Crippen LogP contribution in [-0.2, 0) is 16.6 Å². The summed E-state index contributed by atoms with van der Waals surface area (Å²) in [5, 5.41) is 0. The van der Waals surface area contributed by atoms with E-state index in [-0.39, 0.29) is 23.6 Å². The summed E-state index contributed by atoms with van der Waals surface area (Å²) in [6.07, 6.45) is 1.35. The van der Waals surface area contributed by atoms with Crippen LogP contribution in [0.4, 0.5) is 0 Å². The number of hydrogen-bond acceptors (Lipinski definition) is 4.